The summed E-state index contributed by atoms with van der Waals surface area (Å²) in [7, 11) is -1.18. The van der Waals surface area contributed by atoms with Crippen molar-refractivity contribution in [2.24, 2.45) is 0 Å². The first kappa shape index (κ1) is 19.9. The van der Waals surface area contributed by atoms with Gasteiger partial charge in [-0.1, -0.05) is 48.9 Å². The molecule has 0 unspecified atom stereocenters. The molecule has 2 aromatic heterocycles. The van der Waals surface area contributed by atoms with Gasteiger partial charge in [0.05, 0.1) is 16.2 Å². The summed E-state index contributed by atoms with van der Waals surface area (Å²) in [5.74, 6) is -0.131. The number of carbonyl (C=O) groups is 1. The van der Waals surface area contributed by atoms with E-state index in [2.05, 4.69) is 35.0 Å². The number of carbonyl (C=O) groups excluding carboxylic acids is 1. The lowest BCUT2D eigenvalue weighted by atomic mass is 10.1. The second-order valence-electron chi connectivity index (χ2n) is 7.78. The quantitative estimate of drug-likeness (QED) is 0.588. The molecule has 0 saturated heterocycles. The van der Waals surface area contributed by atoms with Gasteiger partial charge in [-0.25, -0.2) is 9.50 Å². The molecule has 0 aliphatic heterocycles. The van der Waals surface area contributed by atoms with Gasteiger partial charge in [0.25, 0.3) is 5.91 Å². The maximum atomic E-state index is 12.4. The monoisotopic (exact) mass is 420 g/mol. The largest absolute Gasteiger partial charge is 0.352 e. The summed E-state index contributed by atoms with van der Waals surface area (Å²) in [6.07, 6.45) is 5.86. The lowest BCUT2D eigenvalue weighted by Gasteiger charge is -2.15. The molecule has 1 aromatic carbocycles. The molecule has 0 bridgehead atoms. The molecular formula is C19H22Cl2N4OSi. The third kappa shape index (κ3) is 5.09. The summed E-state index contributed by atoms with van der Waals surface area (Å²) < 4.78 is 1.64. The van der Waals surface area contributed by atoms with Crippen molar-refractivity contribution >= 4 is 42.8 Å². The second-order valence-corrected chi connectivity index (χ2v) is 14.2. The van der Waals surface area contributed by atoms with Crippen LogP contribution >= 0.6 is 23.2 Å². The summed E-state index contributed by atoms with van der Waals surface area (Å²) in [6, 6.07) is 6.59. The fourth-order valence-electron chi connectivity index (χ4n) is 2.70. The average Bonchev–Trinajstić information content (AvgIpc) is 3.00. The first-order valence-corrected chi connectivity index (χ1v) is 13.2. The summed E-state index contributed by atoms with van der Waals surface area (Å²) in [5.41, 5.74) is 3.04. The van der Waals surface area contributed by atoms with E-state index in [9.17, 15) is 4.79 Å². The van der Waals surface area contributed by atoms with Crippen LogP contribution in [0.1, 0.15) is 21.5 Å². The van der Waals surface area contributed by atoms with Crippen molar-refractivity contribution in [3.8, 4) is 0 Å². The van der Waals surface area contributed by atoms with Crippen molar-refractivity contribution in [2.75, 3.05) is 6.54 Å². The third-order valence-corrected chi connectivity index (χ3v) is 6.70. The van der Waals surface area contributed by atoms with Crippen LogP contribution in [0.4, 0.5) is 0 Å². The molecule has 0 saturated carbocycles. The van der Waals surface area contributed by atoms with E-state index >= 15 is 0 Å². The normalized spacial score (nSPS) is 11.7. The second kappa shape index (κ2) is 8.00. The van der Waals surface area contributed by atoms with Gasteiger partial charge in [-0.15, -0.1) is 0 Å². The predicted octanol–water partition coefficient (Wildman–Crippen LogP) is 4.69. The number of rotatable bonds is 6. The van der Waals surface area contributed by atoms with Gasteiger partial charge in [0.1, 0.15) is 5.56 Å². The number of benzene rings is 1. The molecule has 5 nitrogen and oxygen atoms in total. The van der Waals surface area contributed by atoms with Crippen LogP contribution in [0.15, 0.2) is 36.8 Å². The van der Waals surface area contributed by atoms with Crippen molar-refractivity contribution in [1.29, 1.82) is 0 Å². The summed E-state index contributed by atoms with van der Waals surface area (Å²) in [4.78, 5) is 16.9. The van der Waals surface area contributed by atoms with Gasteiger partial charge in [0.15, 0.2) is 5.65 Å². The zero-order chi connectivity index (χ0) is 19.6. The molecule has 1 amide bonds. The zero-order valence-electron chi connectivity index (χ0n) is 15.6. The van der Waals surface area contributed by atoms with Crippen LogP contribution in [0.5, 0.6) is 0 Å². The highest BCUT2D eigenvalue weighted by molar-refractivity contribution is 6.76. The van der Waals surface area contributed by atoms with E-state index in [0.29, 0.717) is 34.2 Å². The van der Waals surface area contributed by atoms with E-state index in [0.717, 1.165) is 17.2 Å². The van der Waals surface area contributed by atoms with Crippen molar-refractivity contribution in [2.45, 2.75) is 32.1 Å². The Labute approximate surface area is 169 Å². The van der Waals surface area contributed by atoms with Crippen LogP contribution in [0.25, 0.3) is 5.65 Å². The minimum absolute atomic E-state index is 0.131. The van der Waals surface area contributed by atoms with E-state index in [4.69, 9.17) is 23.2 Å². The number of aromatic nitrogens is 3. The Hall–Kier alpha value is -1.89. The van der Waals surface area contributed by atoms with Crippen LogP contribution in [-0.2, 0) is 6.42 Å². The van der Waals surface area contributed by atoms with Crippen LogP contribution in [0, 0.1) is 0 Å². The third-order valence-electron chi connectivity index (χ3n) is 4.21. The molecule has 0 aliphatic carbocycles. The number of nitrogens with zero attached hydrogens (tertiary/aromatic N) is 3. The number of hydrogen-bond acceptors (Lipinski definition) is 3. The molecule has 0 fully saturated rings. The molecule has 27 heavy (non-hydrogen) atoms. The molecule has 8 heteroatoms. The van der Waals surface area contributed by atoms with E-state index < -0.39 is 8.07 Å². The van der Waals surface area contributed by atoms with E-state index in [1.54, 1.807) is 23.0 Å². The van der Waals surface area contributed by atoms with Crippen molar-refractivity contribution in [3.63, 3.8) is 0 Å². The van der Waals surface area contributed by atoms with Crippen LogP contribution in [-0.4, -0.2) is 35.1 Å². The molecule has 0 atom stereocenters. The highest BCUT2D eigenvalue weighted by Crippen LogP contribution is 2.24. The molecule has 2 heterocycles. The van der Waals surface area contributed by atoms with Crippen LogP contribution < -0.4 is 5.32 Å². The van der Waals surface area contributed by atoms with Crippen molar-refractivity contribution in [3.05, 3.63) is 63.5 Å². The number of halogens is 2. The predicted molar refractivity (Wildman–Crippen MR) is 113 cm³/mol. The molecular weight excluding hydrogens is 399 g/mol. The highest BCUT2D eigenvalue weighted by Gasteiger charge is 2.16. The van der Waals surface area contributed by atoms with Crippen LogP contribution in [0.3, 0.4) is 0 Å². The number of fused-ring (bicyclic) bond motifs is 1. The topological polar surface area (TPSA) is 59.3 Å². The zero-order valence-corrected chi connectivity index (χ0v) is 18.1. The summed E-state index contributed by atoms with van der Waals surface area (Å²) in [6.45, 7) is 7.53. The summed E-state index contributed by atoms with van der Waals surface area (Å²) in [5, 5.41) is 8.32. The molecule has 0 aliphatic rings. The molecule has 3 aromatic rings. The van der Waals surface area contributed by atoms with Gasteiger partial charge in [0, 0.05) is 33.4 Å². The van der Waals surface area contributed by atoms with Crippen molar-refractivity contribution < 1.29 is 4.79 Å². The lowest BCUT2D eigenvalue weighted by Crippen LogP contribution is -2.31. The van der Waals surface area contributed by atoms with Gasteiger partial charge < -0.3 is 5.32 Å². The molecule has 1 N–H and O–H groups in total. The Balaban J connectivity index is 1.74. The first-order chi connectivity index (χ1) is 12.7. The number of amides is 1. The van der Waals surface area contributed by atoms with Gasteiger partial charge in [-0.3, -0.25) is 4.79 Å². The Kier molecular flexibility index (Phi) is 5.88. The van der Waals surface area contributed by atoms with E-state index in [-0.39, 0.29) is 5.91 Å². The van der Waals surface area contributed by atoms with E-state index in [1.807, 2.05) is 18.3 Å². The standard InChI is InChI=1S/C19H22Cl2N4OSi/c1-27(2,3)7-6-22-19(26)15-11-24-25-12-14(10-23-18(15)25)8-13-4-5-16(20)17(21)9-13/h4-5,9-12H,6-8H2,1-3H3,(H,22,26). The molecule has 0 radical (unpaired) electrons. The molecule has 0 spiro atoms. The fourth-order valence-corrected chi connectivity index (χ4v) is 3.89. The summed E-state index contributed by atoms with van der Waals surface area (Å²) >= 11 is 12.0. The van der Waals surface area contributed by atoms with Gasteiger partial charge in [-0.2, -0.15) is 5.10 Å². The maximum Gasteiger partial charge on any atom is 0.256 e. The van der Waals surface area contributed by atoms with Gasteiger partial charge in [0.2, 0.25) is 0 Å². The lowest BCUT2D eigenvalue weighted by molar-refractivity contribution is 0.0957. The fraction of sp³-hybridized carbons (Fsp3) is 0.316. The van der Waals surface area contributed by atoms with E-state index in [1.165, 1.54) is 0 Å². The Morgan fingerprint density at radius 3 is 2.63 bits per heavy atom. The van der Waals surface area contributed by atoms with Crippen LogP contribution in [0.2, 0.25) is 35.7 Å². The molecule has 3 rings (SSSR count). The maximum absolute atomic E-state index is 12.4. The Morgan fingerprint density at radius 1 is 1.15 bits per heavy atom. The van der Waals surface area contributed by atoms with Gasteiger partial charge >= 0.3 is 0 Å². The Bertz CT molecular complexity index is 981. The number of nitrogens with one attached hydrogen (secondary N) is 1. The smallest absolute Gasteiger partial charge is 0.256 e. The van der Waals surface area contributed by atoms with Crippen molar-refractivity contribution in [1.82, 2.24) is 19.9 Å². The first-order valence-electron chi connectivity index (χ1n) is 8.77. The average molecular weight is 421 g/mol. The highest BCUT2D eigenvalue weighted by atomic mass is 35.5. The minimum Gasteiger partial charge on any atom is -0.352 e. The van der Waals surface area contributed by atoms with Gasteiger partial charge in [-0.05, 0) is 29.3 Å². The molecule has 142 valence electrons. The Morgan fingerprint density at radius 2 is 1.93 bits per heavy atom. The SMILES string of the molecule is C[Si](C)(C)CCNC(=O)c1cnn2cc(Cc3ccc(Cl)c(Cl)c3)cnc12. The number of hydrogen-bond donors (Lipinski definition) is 1. The minimum atomic E-state index is -1.18.